The van der Waals surface area contributed by atoms with Crippen molar-refractivity contribution >= 4 is 0 Å². The molecule has 104 valence electrons. The van der Waals surface area contributed by atoms with Crippen molar-refractivity contribution in [3.8, 4) is 0 Å². The van der Waals surface area contributed by atoms with Gasteiger partial charge in [0.1, 0.15) is 12.2 Å². The van der Waals surface area contributed by atoms with E-state index in [0.717, 1.165) is 37.4 Å². The zero-order valence-corrected chi connectivity index (χ0v) is 11.7. The third kappa shape index (κ3) is 4.13. The van der Waals surface area contributed by atoms with E-state index in [-0.39, 0.29) is 5.54 Å². The summed E-state index contributed by atoms with van der Waals surface area (Å²) in [7, 11) is 0. The van der Waals surface area contributed by atoms with Gasteiger partial charge in [-0.3, -0.25) is 5.10 Å². The van der Waals surface area contributed by atoms with Crippen LogP contribution in [-0.2, 0) is 18.5 Å². The van der Waals surface area contributed by atoms with Crippen LogP contribution in [0.15, 0.2) is 12.5 Å². The molecule has 0 saturated heterocycles. The summed E-state index contributed by atoms with van der Waals surface area (Å²) in [6.45, 7) is 7.98. The predicted octanol–water partition coefficient (Wildman–Crippen LogP) is 0.874. The first-order valence-electron chi connectivity index (χ1n) is 6.52. The Hall–Kier alpha value is -1.76. The molecule has 0 spiro atoms. The smallest absolute Gasteiger partial charge is 0.137 e. The van der Waals surface area contributed by atoms with Crippen LogP contribution in [-0.4, -0.2) is 36.7 Å². The van der Waals surface area contributed by atoms with Crippen molar-refractivity contribution in [3.63, 3.8) is 0 Å². The van der Waals surface area contributed by atoms with Crippen LogP contribution in [0.25, 0.3) is 0 Å². The second kappa shape index (κ2) is 5.92. The molecule has 0 aliphatic rings. The Morgan fingerprint density at radius 1 is 1.37 bits per heavy atom. The minimum Gasteiger partial charge on any atom is -0.311 e. The van der Waals surface area contributed by atoms with Crippen LogP contribution < -0.4 is 5.32 Å². The summed E-state index contributed by atoms with van der Waals surface area (Å²) in [5.41, 5.74) is 0.951. The van der Waals surface area contributed by atoms with E-state index in [1.165, 1.54) is 6.33 Å². The van der Waals surface area contributed by atoms with Gasteiger partial charge in [-0.2, -0.15) is 5.10 Å². The molecule has 2 rings (SSSR count). The minimum absolute atomic E-state index is 0.0163. The summed E-state index contributed by atoms with van der Waals surface area (Å²) < 4.78 is 1.89. The number of nitrogens with zero attached hydrogens (tertiary/aromatic N) is 5. The maximum absolute atomic E-state index is 4.15. The largest absolute Gasteiger partial charge is 0.311 e. The standard InChI is InChI=1S/C12H21N7/c1-12(2,3)19-8-10(16-18-19)7-13-6-4-5-11-14-9-15-17-11/h8-9,13H,4-7H2,1-3H3,(H,14,15,17). The van der Waals surface area contributed by atoms with Gasteiger partial charge in [0.25, 0.3) is 0 Å². The lowest BCUT2D eigenvalue weighted by molar-refractivity contribution is 0.347. The summed E-state index contributed by atoms with van der Waals surface area (Å²) in [5.74, 6) is 0.931. The van der Waals surface area contributed by atoms with Crippen LogP contribution in [0.2, 0.25) is 0 Å². The van der Waals surface area contributed by atoms with Crippen LogP contribution in [0, 0.1) is 0 Å². The van der Waals surface area contributed by atoms with E-state index >= 15 is 0 Å². The molecule has 0 amide bonds. The quantitative estimate of drug-likeness (QED) is 0.756. The first-order chi connectivity index (χ1) is 9.05. The van der Waals surface area contributed by atoms with Crippen molar-refractivity contribution in [3.05, 3.63) is 24.0 Å². The number of rotatable bonds is 6. The van der Waals surface area contributed by atoms with Gasteiger partial charge in [0.05, 0.1) is 17.4 Å². The highest BCUT2D eigenvalue weighted by atomic mass is 15.4. The van der Waals surface area contributed by atoms with E-state index in [0.29, 0.717) is 0 Å². The Morgan fingerprint density at radius 3 is 2.84 bits per heavy atom. The molecular weight excluding hydrogens is 242 g/mol. The third-order valence-electron chi connectivity index (χ3n) is 2.77. The molecule has 0 aliphatic heterocycles. The molecule has 0 fully saturated rings. The van der Waals surface area contributed by atoms with Crippen LogP contribution in [0.4, 0.5) is 0 Å². The molecule has 0 unspecified atom stereocenters. The number of H-pyrrole nitrogens is 1. The Morgan fingerprint density at radius 2 is 2.21 bits per heavy atom. The first-order valence-corrected chi connectivity index (χ1v) is 6.52. The number of aromatic amines is 1. The topological polar surface area (TPSA) is 84.3 Å². The number of aromatic nitrogens is 6. The third-order valence-corrected chi connectivity index (χ3v) is 2.77. The Bertz CT molecular complexity index is 480. The van der Waals surface area contributed by atoms with E-state index < -0.39 is 0 Å². The lowest BCUT2D eigenvalue weighted by Crippen LogP contribution is -2.22. The van der Waals surface area contributed by atoms with Crippen molar-refractivity contribution in [1.29, 1.82) is 0 Å². The fraction of sp³-hybridized carbons (Fsp3) is 0.667. The average molecular weight is 263 g/mol. The Balaban J connectivity index is 1.67. The molecule has 2 heterocycles. The fourth-order valence-electron chi connectivity index (χ4n) is 1.66. The fourth-order valence-corrected chi connectivity index (χ4v) is 1.66. The van der Waals surface area contributed by atoms with Gasteiger partial charge >= 0.3 is 0 Å². The minimum atomic E-state index is -0.0163. The van der Waals surface area contributed by atoms with Gasteiger partial charge in [-0.05, 0) is 33.7 Å². The second-order valence-corrected chi connectivity index (χ2v) is 5.54. The summed E-state index contributed by atoms with van der Waals surface area (Å²) in [6, 6.07) is 0. The average Bonchev–Trinajstić information content (AvgIpc) is 2.97. The summed E-state index contributed by atoms with van der Waals surface area (Å²) >= 11 is 0. The number of nitrogens with one attached hydrogen (secondary N) is 2. The predicted molar refractivity (Wildman–Crippen MR) is 71.4 cm³/mol. The highest BCUT2D eigenvalue weighted by Gasteiger charge is 2.14. The molecule has 7 nitrogen and oxygen atoms in total. The summed E-state index contributed by atoms with van der Waals surface area (Å²) in [4.78, 5) is 4.08. The number of hydrogen-bond acceptors (Lipinski definition) is 5. The van der Waals surface area contributed by atoms with E-state index in [4.69, 9.17) is 0 Å². The van der Waals surface area contributed by atoms with Crippen molar-refractivity contribution < 1.29 is 0 Å². The summed E-state index contributed by atoms with van der Waals surface area (Å²) in [6.07, 6.45) is 5.45. The van der Waals surface area contributed by atoms with Gasteiger partial charge in [0.2, 0.25) is 0 Å². The highest BCUT2D eigenvalue weighted by molar-refractivity contribution is 4.94. The van der Waals surface area contributed by atoms with Gasteiger partial charge in [0, 0.05) is 13.0 Å². The molecule has 0 atom stereocenters. The SMILES string of the molecule is CC(C)(C)n1cc(CNCCCc2ncn[nH]2)nn1. The monoisotopic (exact) mass is 263 g/mol. The molecule has 0 aromatic carbocycles. The van der Waals surface area contributed by atoms with Gasteiger partial charge in [-0.15, -0.1) is 5.10 Å². The number of aryl methyl sites for hydroxylation is 1. The molecule has 0 saturated carbocycles. The second-order valence-electron chi connectivity index (χ2n) is 5.54. The van der Waals surface area contributed by atoms with E-state index in [1.54, 1.807) is 0 Å². The lowest BCUT2D eigenvalue weighted by atomic mass is 10.1. The molecule has 2 aromatic heterocycles. The lowest BCUT2D eigenvalue weighted by Gasteiger charge is -2.17. The van der Waals surface area contributed by atoms with Gasteiger partial charge in [-0.25, -0.2) is 9.67 Å². The maximum atomic E-state index is 4.15. The molecule has 7 heteroatoms. The van der Waals surface area contributed by atoms with Crippen LogP contribution in [0.1, 0.15) is 38.7 Å². The van der Waals surface area contributed by atoms with Crippen LogP contribution in [0.3, 0.4) is 0 Å². The molecular formula is C12H21N7. The van der Waals surface area contributed by atoms with E-state index in [9.17, 15) is 0 Å². The van der Waals surface area contributed by atoms with Crippen LogP contribution >= 0.6 is 0 Å². The zero-order chi connectivity index (χ0) is 13.7. The molecule has 0 aliphatic carbocycles. The molecule has 2 N–H and O–H groups in total. The zero-order valence-electron chi connectivity index (χ0n) is 11.7. The molecule has 0 radical (unpaired) electrons. The van der Waals surface area contributed by atoms with Crippen LogP contribution in [0.5, 0.6) is 0 Å². The van der Waals surface area contributed by atoms with E-state index in [1.807, 2.05) is 10.9 Å². The van der Waals surface area contributed by atoms with Gasteiger partial charge in [0.15, 0.2) is 0 Å². The highest BCUT2D eigenvalue weighted by Crippen LogP contribution is 2.11. The number of hydrogen-bond donors (Lipinski definition) is 2. The molecule has 2 aromatic rings. The van der Waals surface area contributed by atoms with Crippen molar-refractivity contribution in [2.75, 3.05) is 6.54 Å². The summed E-state index contributed by atoms with van der Waals surface area (Å²) in [5, 5.41) is 18.3. The molecule has 19 heavy (non-hydrogen) atoms. The Kier molecular flexibility index (Phi) is 4.26. The van der Waals surface area contributed by atoms with Crippen molar-refractivity contribution in [1.82, 2.24) is 35.5 Å². The van der Waals surface area contributed by atoms with Crippen molar-refractivity contribution in [2.45, 2.75) is 45.7 Å². The van der Waals surface area contributed by atoms with E-state index in [2.05, 4.69) is 51.6 Å². The Labute approximate surface area is 112 Å². The van der Waals surface area contributed by atoms with Gasteiger partial charge in [-0.1, -0.05) is 5.21 Å². The first kappa shape index (κ1) is 13.7. The van der Waals surface area contributed by atoms with Gasteiger partial charge < -0.3 is 5.32 Å². The normalized spacial score (nSPS) is 11.9. The van der Waals surface area contributed by atoms with Crippen molar-refractivity contribution in [2.24, 2.45) is 0 Å². The maximum Gasteiger partial charge on any atom is 0.137 e. The molecule has 0 bridgehead atoms.